The summed E-state index contributed by atoms with van der Waals surface area (Å²) in [5.41, 5.74) is 0.976. The average molecular weight is 627 g/mol. The first kappa shape index (κ1) is 30.5. The minimum Gasteiger partial charge on any atom is -0.755 e. The smallest absolute Gasteiger partial charge is 0.435 e. The second-order valence-electron chi connectivity index (χ2n) is 10.8. The van der Waals surface area contributed by atoms with E-state index in [0.29, 0.717) is 30.8 Å². The normalized spacial score (nSPS) is 17.2. The molecule has 1 amide bonds. The maximum Gasteiger partial charge on any atom is 0.435 e. The van der Waals surface area contributed by atoms with Gasteiger partial charge in [0.1, 0.15) is 16.9 Å². The molecule has 1 fully saturated rings. The van der Waals surface area contributed by atoms with Crippen LogP contribution < -0.4 is 14.5 Å². The molecule has 14 heteroatoms. The molecular weight excluding hydrogens is 594 g/mol. The quantitative estimate of drug-likeness (QED) is 0.240. The van der Waals surface area contributed by atoms with Crippen LogP contribution in [0.4, 0.5) is 28.3 Å². The predicted molar refractivity (Wildman–Crippen MR) is 153 cm³/mol. The van der Waals surface area contributed by atoms with Gasteiger partial charge >= 0.3 is 6.18 Å². The van der Waals surface area contributed by atoms with Gasteiger partial charge in [0.05, 0.1) is 10.6 Å². The first-order valence-corrected chi connectivity index (χ1v) is 15.8. The number of nitrogens with one attached hydrogen (secondary N) is 1. The van der Waals surface area contributed by atoms with E-state index >= 15 is 0 Å². The molecule has 0 saturated heterocycles. The van der Waals surface area contributed by atoms with E-state index in [0.717, 1.165) is 69.7 Å². The first-order valence-electron chi connectivity index (χ1n) is 13.9. The first-order chi connectivity index (χ1) is 20.0. The number of hydrogen-bond acceptors (Lipinski definition) is 6. The Morgan fingerprint density at radius 3 is 2.67 bits per heavy atom. The van der Waals surface area contributed by atoms with Crippen molar-refractivity contribution in [3.05, 3.63) is 53.5 Å². The molecule has 1 saturated carbocycles. The van der Waals surface area contributed by atoms with Crippen molar-refractivity contribution >= 4 is 39.2 Å². The Labute approximate surface area is 248 Å². The molecule has 3 aromatic rings. The van der Waals surface area contributed by atoms with E-state index in [-0.39, 0.29) is 29.0 Å². The highest BCUT2D eigenvalue weighted by molar-refractivity contribution is 7.81. The predicted octanol–water partition coefficient (Wildman–Crippen LogP) is 5.42. The number of halogens is 4. The molecular formula is C28H32F4N5O3S2-. The molecule has 1 aromatic carbocycles. The van der Waals surface area contributed by atoms with Crippen LogP contribution in [0.25, 0.3) is 10.6 Å². The van der Waals surface area contributed by atoms with Gasteiger partial charge in [-0.05, 0) is 60.7 Å². The van der Waals surface area contributed by atoms with E-state index in [1.54, 1.807) is 12.1 Å². The van der Waals surface area contributed by atoms with Gasteiger partial charge in [0.2, 0.25) is 5.91 Å². The molecule has 2 aromatic heterocycles. The third-order valence-corrected chi connectivity index (χ3v) is 9.97. The number of benzene rings is 1. The third-order valence-electron chi connectivity index (χ3n) is 7.97. The topological polar surface area (TPSA) is 93.5 Å². The lowest BCUT2D eigenvalue weighted by Crippen LogP contribution is -2.50. The van der Waals surface area contributed by atoms with Crippen molar-refractivity contribution in [2.75, 3.05) is 28.8 Å². The van der Waals surface area contributed by atoms with Gasteiger partial charge in [-0.1, -0.05) is 32.1 Å². The molecule has 0 bridgehead atoms. The van der Waals surface area contributed by atoms with Crippen molar-refractivity contribution in [1.29, 1.82) is 0 Å². The SMILES string of the molecule is Cn1nc(C(F)(F)F)cc1-c1ccc(N(C(CC2CCCCC2)C(=O)NCCN2CCc3cc(F)ccc32)S(=O)[O-])s1. The third kappa shape index (κ3) is 6.81. The fourth-order valence-electron chi connectivity index (χ4n) is 5.90. The average Bonchev–Trinajstić information content (AvgIpc) is 3.67. The molecule has 1 N–H and O–H groups in total. The molecule has 2 atom stereocenters. The van der Waals surface area contributed by atoms with E-state index < -0.39 is 35.1 Å². The maximum atomic E-state index is 13.6. The zero-order valence-electron chi connectivity index (χ0n) is 23.0. The molecule has 0 spiro atoms. The lowest BCUT2D eigenvalue weighted by Gasteiger charge is -2.35. The Balaban J connectivity index is 1.35. The van der Waals surface area contributed by atoms with Crippen LogP contribution in [-0.4, -0.2) is 50.1 Å². The molecule has 8 nitrogen and oxygen atoms in total. The van der Waals surface area contributed by atoms with Crippen molar-refractivity contribution in [3.8, 4) is 10.6 Å². The van der Waals surface area contributed by atoms with Crippen LogP contribution in [0.3, 0.4) is 0 Å². The highest BCUT2D eigenvalue weighted by Crippen LogP contribution is 2.39. The van der Waals surface area contributed by atoms with Crippen LogP contribution >= 0.6 is 11.3 Å². The summed E-state index contributed by atoms with van der Waals surface area (Å²) in [5, 5.41) is 6.69. The molecule has 1 aliphatic carbocycles. The monoisotopic (exact) mass is 626 g/mol. The van der Waals surface area contributed by atoms with Gasteiger partial charge in [0.15, 0.2) is 5.69 Å². The minimum atomic E-state index is -4.62. The number of alkyl halides is 3. The fraction of sp³-hybridized carbons (Fsp3) is 0.500. The van der Waals surface area contributed by atoms with Gasteiger partial charge in [-0.25, -0.2) is 4.39 Å². The van der Waals surface area contributed by atoms with E-state index in [9.17, 15) is 31.1 Å². The number of aromatic nitrogens is 2. The molecule has 2 unspecified atom stereocenters. The molecule has 0 radical (unpaired) electrons. The summed E-state index contributed by atoms with van der Waals surface area (Å²) in [6, 6.07) is 7.60. The Bertz CT molecular complexity index is 1440. The fourth-order valence-corrected chi connectivity index (χ4v) is 7.80. The molecule has 2 aliphatic rings. The Morgan fingerprint density at radius 1 is 1.21 bits per heavy atom. The molecule has 5 rings (SSSR count). The standard InChI is InChI=1S/C28H33F4N5O3S2/c1-35-22(17-25(34-35)28(30,31)32)24-9-10-26(41-24)37(42(39)40)23(15-18-5-3-2-4-6-18)27(38)33-12-14-36-13-11-19-16-20(29)7-8-21(19)36/h7-10,16-18,23H,2-6,11-15H2,1H3,(H,33,38)(H,39,40)/p-1. The van der Waals surface area contributed by atoms with Crippen molar-refractivity contribution in [2.45, 2.75) is 57.2 Å². The minimum absolute atomic E-state index is 0.173. The van der Waals surface area contributed by atoms with Gasteiger partial charge in [0, 0.05) is 43.6 Å². The number of carbonyl (C=O) groups excluding carboxylic acids is 1. The lowest BCUT2D eigenvalue weighted by molar-refractivity contribution is -0.141. The number of fused-ring (bicyclic) bond motifs is 1. The summed E-state index contributed by atoms with van der Waals surface area (Å²) in [6.07, 6.45) is 1.35. The maximum absolute atomic E-state index is 13.6. The summed E-state index contributed by atoms with van der Waals surface area (Å²) in [4.78, 5) is 16.1. The number of rotatable bonds is 10. The van der Waals surface area contributed by atoms with Gasteiger partial charge in [-0.15, -0.1) is 11.3 Å². The number of nitrogens with zero attached hydrogens (tertiary/aromatic N) is 4. The molecule has 42 heavy (non-hydrogen) atoms. The lowest BCUT2D eigenvalue weighted by atomic mass is 9.84. The van der Waals surface area contributed by atoms with Crippen LogP contribution in [0.1, 0.15) is 49.8 Å². The van der Waals surface area contributed by atoms with Crippen LogP contribution in [0, 0.1) is 11.7 Å². The van der Waals surface area contributed by atoms with E-state index in [1.165, 1.54) is 25.2 Å². The number of anilines is 2. The van der Waals surface area contributed by atoms with E-state index in [2.05, 4.69) is 15.3 Å². The van der Waals surface area contributed by atoms with Gasteiger partial charge in [-0.3, -0.25) is 18.0 Å². The van der Waals surface area contributed by atoms with Crippen molar-refractivity contribution in [3.63, 3.8) is 0 Å². The van der Waals surface area contributed by atoms with Crippen LogP contribution in [0.5, 0.6) is 0 Å². The van der Waals surface area contributed by atoms with Crippen molar-refractivity contribution in [1.82, 2.24) is 15.1 Å². The molecule has 1 aliphatic heterocycles. The summed E-state index contributed by atoms with van der Waals surface area (Å²) in [5.74, 6) is -0.550. The van der Waals surface area contributed by atoms with Gasteiger partial charge < -0.3 is 14.8 Å². The van der Waals surface area contributed by atoms with Crippen molar-refractivity contribution in [2.24, 2.45) is 13.0 Å². The second kappa shape index (κ2) is 12.7. The van der Waals surface area contributed by atoms with Gasteiger partial charge in [-0.2, -0.15) is 18.3 Å². The Kier molecular flexibility index (Phi) is 9.23. The summed E-state index contributed by atoms with van der Waals surface area (Å²) < 4.78 is 80.7. The van der Waals surface area contributed by atoms with Crippen molar-refractivity contribution < 1.29 is 31.1 Å². The van der Waals surface area contributed by atoms with Crippen LogP contribution in [-0.2, 0) is 35.7 Å². The molecule has 228 valence electrons. The summed E-state index contributed by atoms with van der Waals surface area (Å²) >= 11 is -1.83. The molecule has 3 heterocycles. The zero-order valence-corrected chi connectivity index (χ0v) is 24.7. The summed E-state index contributed by atoms with van der Waals surface area (Å²) in [7, 11) is 1.39. The van der Waals surface area contributed by atoms with Crippen LogP contribution in [0.15, 0.2) is 36.4 Å². The number of hydrogen-bond donors (Lipinski definition) is 1. The largest absolute Gasteiger partial charge is 0.755 e. The zero-order chi connectivity index (χ0) is 30.0. The van der Waals surface area contributed by atoms with Crippen LogP contribution in [0.2, 0.25) is 0 Å². The Hall–Kier alpha value is -2.97. The highest BCUT2D eigenvalue weighted by atomic mass is 32.2. The Morgan fingerprint density at radius 2 is 1.98 bits per heavy atom. The number of aryl methyl sites for hydroxylation is 1. The number of thiophene rings is 1. The highest BCUT2D eigenvalue weighted by Gasteiger charge is 2.36. The summed E-state index contributed by atoms with van der Waals surface area (Å²) in [6.45, 7) is 1.44. The van der Waals surface area contributed by atoms with E-state index in [4.69, 9.17) is 0 Å². The van der Waals surface area contributed by atoms with Gasteiger partial charge in [0.25, 0.3) is 0 Å². The second-order valence-corrected chi connectivity index (χ2v) is 12.7. The number of carbonyl (C=O) groups is 1. The van der Waals surface area contributed by atoms with E-state index in [1.807, 2.05) is 0 Å². The number of amides is 1.